The number of nitrogens with zero attached hydrogens (tertiary/aromatic N) is 2. The van der Waals surface area contributed by atoms with Gasteiger partial charge in [-0.2, -0.15) is 0 Å². The maximum absolute atomic E-state index is 11.8. The number of amides is 1. The average molecular weight is 326 g/mol. The molecule has 0 saturated heterocycles. The molecule has 2 aromatic heterocycles. The lowest BCUT2D eigenvalue weighted by Gasteiger charge is -2.10. The van der Waals surface area contributed by atoms with Crippen molar-refractivity contribution in [1.82, 2.24) is 15.3 Å². The fraction of sp³-hybridized carbons (Fsp3) is 0.235. The second-order valence-electron chi connectivity index (χ2n) is 5.49. The van der Waals surface area contributed by atoms with Crippen LogP contribution in [0.3, 0.4) is 0 Å². The molecule has 3 rings (SSSR count). The van der Waals surface area contributed by atoms with Crippen LogP contribution in [0.15, 0.2) is 42.0 Å². The number of carbonyl (C=O) groups excluding carboxylic acids is 1. The summed E-state index contributed by atoms with van der Waals surface area (Å²) in [5.41, 5.74) is 2.20. The van der Waals surface area contributed by atoms with Crippen LogP contribution < -0.4 is 10.6 Å². The maximum Gasteiger partial charge on any atom is 0.239 e. The third-order valence-corrected chi connectivity index (χ3v) is 4.21. The lowest BCUT2D eigenvalue weighted by Crippen LogP contribution is -2.35. The molecule has 0 aliphatic carbocycles. The van der Waals surface area contributed by atoms with Crippen molar-refractivity contribution in [2.45, 2.75) is 19.9 Å². The Morgan fingerprint density at radius 2 is 2.00 bits per heavy atom. The number of fused-ring (bicyclic) bond motifs is 1. The van der Waals surface area contributed by atoms with E-state index in [-0.39, 0.29) is 18.5 Å². The highest BCUT2D eigenvalue weighted by Crippen LogP contribution is 2.36. The first-order chi connectivity index (χ1) is 11.1. The van der Waals surface area contributed by atoms with Gasteiger partial charge in [0.25, 0.3) is 0 Å². The second-order valence-corrected chi connectivity index (χ2v) is 6.35. The van der Waals surface area contributed by atoms with Crippen molar-refractivity contribution in [1.29, 1.82) is 0 Å². The molecule has 0 saturated carbocycles. The number of hydrogen-bond donors (Lipinski definition) is 2. The van der Waals surface area contributed by atoms with E-state index in [1.165, 1.54) is 6.33 Å². The molecular weight excluding hydrogens is 308 g/mol. The van der Waals surface area contributed by atoms with Gasteiger partial charge in [-0.3, -0.25) is 4.79 Å². The smallest absolute Gasteiger partial charge is 0.239 e. The van der Waals surface area contributed by atoms with Gasteiger partial charge in [-0.1, -0.05) is 30.3 Å². The maximum atomic E-state index is 11.8. The summed E-state index contributed by atoms with van der Waals surface area (Å²) in [4.78, 5) is 21.4. The summed E-state index contributed by atoms with van der Waals surface area (Å²) in [5.74, 6) is 0.636. The van der Waals surface area contributed by atoms with Gasteiger partial charge in [0.05, 0.1) is 11.9 Å². The van der Waals surface area contributed by atoms with Crippen LogP contribution in [0.25, 0.3) is 21.3 Å². The highest BCUT2D eigenvalue weighted by molar-refractivity contribution is 7.17. The average Bonchev–Trinajstić information content (AvgIpc) is 2.98. The number of hydrogen-bond acceptors (Lipinski definition) is 5. The molecule has 23 heavy (non-hydrogen) atoms. The quantitative estimate of drug-likeness (QED) is 0.755. The van der Waals surface area contributed by atoms with Crippen molar-refractivity contribution in [3.05, 3.63) is 42.0 Å². The fourth-order valence-electron chi connectivity index (χ4n) is 2.38. The van der Waals surface area contributed by atoms with Crippen LogP contribution in [0, 0.1) is 0 Å². The Morgan fingerprint density at radius 1 is 1.22 bits per heavy atom. The van der Waals surface area contributed by atoms with E-state index >= 15 is 0 Å². The molecule has 118 valence electrons. The zero-order chi connectivity index (χ0) is 16.2. The molecule has 0 aliphatic rings. The van der Waals surface area contributed by atoms with E-state index in [0.717, 1.165) is 21.3 Å². The van der Waals surface area contributed by atoms with E-state index in [2.05, 4.69) is 38.1 Å². The van der Waals surface area contributed by atoms with Crippen LogP contribution >= 0.6 is 11.3 Å². The summed E-state index contributed by atoms with van der Waals surface area (Å²) in [6.45, 7) is 4.06. The van der Waals surface area contributed by atoms with Crippen molar-refractivity contribution in [3.63, 3.8) is 0 Å². The van der Waals surface area contributed by atoms with E-state index in [1.54, 1.807) is 11.3 Å². The molecule has 2 N–H and O–H groups in total. The lowest BCUT2D eigenvalue weighted by atomic mass is 10.1. The molecule has 6 heteroatoms. The van der Waals surface area contributed by atoms with Crippen LogP contribution in [-0.4, -0.2) is 28.5 Å². The number of nitrogens with one attached hydrogen (secondary N) is 2. The van der Waals surface area contributed by atoms with Crippen LogP contribution in [0.5, 0.6) is 0 Å². The molecule has 1 aromatic carbocycles. The summed E-state index contributed by atoms with van der Waals surface area (Å²) >= 11 is 1.58. The van der Waals surface area contributed by atoms with Gasteiger partial charge in [0, 0.05) is 17.0 Å². The molecule has 0 radical (unpaired) electrons. The van der Waals surface area contributed by atoms with Gasteiger partial charge in [-0.25, -0.2) is 9.97 Å². The van der Waals surface area contributed by atoms with Gasteiger partial charge in [-0.15, -0.1) is 11.3 Å². The Morgan fingerprint density at radius 3 is 2.74 bits per heavy atom. The molecule has 1 amide bonds. The van der Waals surface area contributed by atoms with Gasteiger partial charge in [0.15, 0.2) is 0 Å². The van der Waals surface area contributed by atoms with Gasteiger partial charge in [-0.05, 0) is 19.4 Å². The van der Waals surface area contributed by atoms with Gasteiger partial charge < -0.3 is 10.6 Å². The molecule has 0 spiro atoms. The Bertz CT molecular complexity index is 814. The third kappa shape index (κ3) is 3.48. The zero-order valence-corrected chi connectivity index (χ0v) is 13.9. The summed E-state index contributed by atoms with van der Waals surface area (Å²) in [7, 11) is 0. The van der Waals surface area contributed by atoms with Crippen molar-refractivity contribution in [2.75, 3.05) is 11.9 Å². The molecule has 0 bridgehead atoms. The van der Waals surface area contributed by atoms with Crippen molar-refractivity contribution >= 4 is 33.3 Å². The van der Waals surface area contributed by atoms with Gasteiger partial charge in [0.1, 0.15) is 17.0 Å². The molecule has 5 nitrogen and oxygen atoms in total. The molecule has 0 atom stereocenters. The van der Waals surface area contributed by atoms with E-state index in [1.807, 2.05) is 32.0 Å². The first kappa shape index (κ1) is 15.4. The minimum Gasteiger partial charge on any atom is -0.360 e. The number of aromatic nitrogens is 2. The van der Waals surface area contributed by atoms with Crippen LogP contribution in [-0.2, 0) is 4.79 Å². The Balaban J connectivity index is 1.92. The summed E-state index contributed by atoms with van der Waals surface area (Å²) in [6.07, 6.45) is 1.52. The van der Waals surface area contributed by atoms with E-state index < -0.39 is 0 Å². The zero-order valence-electron chi connectivity index (χ0n) is 13.0. The minimum absolute atomic E-state index is 0.0525. The highest BCUT2D eigenvalue weighted by Gasteiger charge is 2.13. The predicted octanol–water partition coefficient (Wildman–Crippen LogP) is 3.29. The number of carbonyl (C=O) groups is 1. The van der Waals surface area contributed by atoms with Crippen molar-refractivity contribution < 1.29 is 4.79 Å². The lowest BCUT2D eigenvalue weighted by molar-refractivity contribution is -0.119. The Labute approximate surface area is 138 Å². The van der Waals surface area contributed by atoms with E-state index in [0.29, 0.717) is 5.82 Å². The monoisotopic (exact) mass is 326 g/mol. The normalized spacial score (nSPS) is 10.9. The summed E-state index contributed by atoms with van der Waals surface area (Å²) in [5, 5.41) is 9.03. The molecule has 2 heterocycles. The Hall–Kier alpha value is -2.47. The summed E-state index contributed by atoms with van der Waals surface area (Å²) < 4.78 is 0. The topological polar surface area (TPSA) is 66.9 Å². The summed E-state index contributed by atoms with van der Waals surface area (Å²) in [6, 6.07) is 10.2. The standard InChI is InChI=1S/C17H18N4OS/c1-11(2)21-14(22)8-18-16-15-13(12-6-4-3-5-7-12)9-23-17(15)20-10-19-16/h3-7,9-11H,8H2,1-2H3,(H,21,22)(H,18,19,20). The highest BCUT2D eigenvalue weighted by atomic mass is 32.1. The van der Waals surface area contributed by atoms with Gasteiger partial charge in [0.2, 0.25) is 5.91 Å². The minimum atomic E-state index is -0.0525. The van der Waals surface area contributed by atoms with Crippen molar-refractivity contribution in [2.24, 2.45) is 0 Å². The first-order valence-electron chi connectivity index (χ1n) is 7.46. The number of benzene rings is 1. The molecular formula is C17H18N4OS. The van der Waals surface area contributed by atoms with Crippen LogP contribution in [0.1, 0.15) is 13.8 Å². The SMILES string of the molecule is CC(C)NC(=O)CNc1ncnc2scc(-c3ccccc3)c12. The van der Waals surface area contributed by atoms with Gasteiger partial charge >= 0.3 is 0 Å². The van der Waals surface area contributed by atoms with Crippen LogP contribution in [0.4, 0.5) is 5.82 Å². The molecule has 0 unspecified atom stereocenters. The molecule has 0 fully saturated rings. The van der Waals surface area contributed by atoms with E-state index in [4.69, 9.17) is 0 Å². The molecule has 0 aliphatic heterocycles. The first-order valence-corrected chi connectivity index (χ1v) is 8.34. The van der Waals surface area contributed by atoms with Crippen molar-refractivity contribution in [3.8, 4) is 11.1 Å². The van der Waals surface area contributed by atoms with Crippen LogP contribution in [0.2, 0.25) is 0 Å². The number of rotatable bonds is 5. The predicted molar refractivity (Wildman–Crippen MR) is 94.6 cm³/mol. The second kappa shape index (κ2) is 6.75. The fourth-order valence-corrected chi connectivity index (χ4v) is 3.29. The molecule has 3 aromatic rings. The third-order valence-electron chi connectivity index (χ3n) is 3.32. The number of anilines is 1. The Kier molecular flexibility index (Phi) is 4.52. The largest absolute Gasteiger partial charge is 0.360 e. The van der Waals surface area contributed by atoms with E-state index in [9.17, 15) is 4.79 Å². The number of thiophene rings is 1.